The van der Waals surface area contributed by atoms with Crippen LogP contribution in [-0.2, 0) is 0 Å². The Kier molecular flexibility index (Phi) is 8.15. The van der Waals surface area contributed by atoms with E-state index in [0.29, 0.717) is 0 Å². The molecular weight excluding hydrogens is 263 g/mol. The average molecular weight is 274 g/mol. The van der Waals surface area contributed by atoms with E-state index in [1.807, 2.05) is 13.0 Å². The molecule has 0 aliphatic carbocycles. The lowest BCUT2D eigenvalue weighted by Crippen LogP contribution is -2.05. The SMILES string of the molecule is C[C@H](N)c1ccncc1Br.Cl.Cl. The number of hydrogen-bond donors (Lipinski definition) is 1. The van der Waals surface area contributed by atoms with Crippen molar-refractivity contribution in [3.8, 4) is 0 Å². The summed E-state index contributed by atoms with van der Waals surface area (Å²) in [7, 11) is 0. The van der Waals surface area contributed by atoms with Gasteiger partial charge in [0.15, 0.2) is 0 Å². The van der Waals surface area contributed by atoms with Gasteiger partial charge in [0.1, 0.15) is 0 Å². The monoisotopic (exact) mass is 272 g/mol. The molecule has 1 atom stereocenters. The largest absolute Gasteiger partial charge is 0.324 e. The van der Waals surface area contributed by atoms with E-state index >= 15 is 0 Å². The Morgan fingerprint density at radius 3 is 2.42 bits per heavy atom. The standard InChI is InChI=1S/C7H9BrN2.2ClH/c1-5(9)6-2-3-10-4-7(6)8;;/h2-5H,9H2,1H3;2*1H/t5-;;/m0../s1. The first-order chi connectivity index (χ1) is 4.72. The fraction of sp³-hybridized carbons (Fsp3) is 0.286. The molecule has 0 bridgehead atoms. The van der Waals surface area contributed by atoms with Gasteiger partial charge in [-0.1, -0.05) is 0 Å². The smallest absolute Gasteiger partial charge is 0.0413 e. The van der Waals surface area contributed by atoms with Crippen LogP contribution in [0.4, 0.5) is 0 Å². The molecule has 1 aromatic rings. The van der Waals surface area contributed by atoms with Gasteiger partial charge in [0.25, 0.3) is 0 Å². The third-order valence-corrected chi connectivity index (χ3v) is 1.96. The van der Waals surface area contributed by atoms with Crippen molar-refractivity contribution < 1.29 is 0 Å². The molecule has 0 aliphatic heterocycles. The highest BCUT2D eigenvalue weighted by Gasteiger charge is 2.01. The maximum absolute atomic E-state index is 5.66. The molecule has 1 heterocycles. The Morgan fingerprint density at radius 1 is 1.50 bits per heavy atom. The quantitative estimate of drug-likeness (QED) is 0.855. The van der Waals surface area contributed by atoms with E-state index in [0.717, 1.165) is 10.0 Å². The summed E-state index contributed by atoms with van der Waals surface area (Å²) in [6.07, 6.45) is 3.49. The topological polar surface area (TPSA) is 38.9 Å². The number of hydrogen-bond acceptors (Lipinski definition) is 2. The van der Waals surface area contributed by atoms with Crippen molar-refractivity contribution in [1.29, 1.82) is 0 Å². The lowest BCUT2D eigenvalue weighted by Gasteiger charge is -2.05. The number of nitrogens with zero attached hydrogens (tertiary/aromatic N) is 1. The van der Waals surface area contributed by atoms with Crippen LogP contribution in [0.3, 0.4) is 0 Å². The van der Waals surface area contributed by atoms with Crippen molar-refractivity contribution in [3.63, 3.8) is 0 Å². The molecule has 0 saturated heterocycles. The molecule has 0 unspecified atom stereocenters. The summed E-state index contributed by atoms with van der Waals surface area (Å²) in [6, 6.07) is 1.98. The summed E-state index contributed by atoms with van der Waals surface area (Å²) in [5, 5.41) is 0. The van der Waals surface area contributed by atoms with Crippen LogP contribution in [0.5, 0.6) is 0 Å². The Balaban J connectivity index is 0. The van der Waals surface area contributed by atoms with Gasteiger partial charge in [0.2, 0.25) is 0 Å². The number of pyridine rings is 1. The molecule has 5 heteroatoms. The zero-order valence-electron chi connectivity index (χ0n) is 6.53. The fourth-order valence-corrected chi connectivity index (χ4v) is 1.37. The second-order valence-electron chi connectivity index (χ2n) is 2.19. The number of aromatic nitrogens is 1. The van der Waals surface area contributed by atoms with Crippen molar-refractivity contribution in [2.45, 2.75) is 13.0 Å². The molecule has 0 spiro atoms. The van der Waals surface area contributed by atoms with E-state index in [4.69, 9.17) is 5.73 Å². The van der Waals surface area contributed by atoms with Crippen LogP contribution in [0, 0.1) is 0 Å². The van der Waals surface area contributed by atoms with Crippen LogP contribution in [0.2, 0.25) is 0 Å². The fourth-order valence-electron chi connectivity index (χ4n) is 0.755. The Morgan fingerprint density at radius 2 is 2.08 bits per heavy atom. The summed E-state index contributed by atoms with van der Waals surface area (Å²) >= 11 is 3.35. The first-order valence-corrected chi connectivity index (χ1v) is 3.86. The molecule has 2 nitrogen and oxygen atoms in total. The van der Waals surface area contributed by atoms with E-state index in [2.05, 4.69) is 20.9 Å². The Labute approximate surface area is 92.9 Å². The van der Waals surface area contributed by atoms with Crippen LogP contribution in [0.25, 0.3) is 0 Å². The predicted molar refractivity (Wildman–Crippen MR) is 59.0 cm³/mol. The van der Waals surface area contributed by atoms with E-state index in [1.54, 1.807) is 12.4 Å². The highest BCUT2D eigenvalue weighted by Crippen LogP contribution is 2.19. The molecule has 70 valence electrons. The van der Waals surface area contributed by atoms with E-state index in [9.17, 15) is 0 Å². The van der Waals surface area contributed by atoms with Gasteiger partial charge in [-0.15, -0.1) is 24.8 Å². The maximum atomic E-state index is 5.66. The van der Waals surface area contributed by atoms with Crippen LogP contribution in [0.1, 0.15) is 18.5 Å². The Bertz CT molecular complexity index is 230. The highest BCUT2D eigenvalue weighted by molar-refractivity contribution is 9.10. The molecule has 1 aromatic heterocycles. The van der Waals surface area contributed by atoms with Gasteiger partial charge in [-0.05, 0) is 34.5 Å². The molecule has 1 rings (SSSR count). The minimum atomic E-state index is 0. The van der Waals surface area contributed by atoms with Gasteiger partial charge in [-0.2, -0.15) is 0 Å². The van der Waals surface area contributed by atoms with Crippen molar-refractivity contribution in [3.05, 3.63) is 28.5 Å². The Hall–Kier alpha value is 0.170. The summed E-state index contributed by atoms with van der Waals surface area (Å²) in [5.41, 5.74) is 6.75. The van der Waals surface area contributed by atoms with Gasteiger partial charge < -0.3 is 5.73 Å². The summed E-state index contributed by atoms with van der Waals surface area (Å²) in [5.74, 6) is 0. The van der Waals surface area contributed by atoms with Crippen molar-refractivity contribution >= 4 is 40.7 Å². The zero-order chi connectivity index (χ0) is 7.56. The van der Waals surface area contributed by atoms with E-state index < -0.39 is 0 Å². The lowest BCUT2D eigenvalue weighted by molar-refractivity contribution is 0.810. The molecule has 0 amide bonds. The molecule has 2 N–H and O–H groups in total. The van der Waals surface area contributed by atoms with E-state index in [1.165, 1.54) is 0 Å². The second-order valence-corrected chi connectivity index (χ2v) is 3.04. The third kappa shape index (κ3) is 3.72. The molecule has 0 aromatic carbocycles. The number of halogens is 3. The van der Waals surface area contributed by atoms with Crippen LogP contribution in [0.15, 0.2) is 22.9 Å². The van der Waals surface area contributed by atoms with Crippen molar-refractivity contribution in [2.24, 2.45) is 5.73 Å². The molecule has 0 saturated carbocycles. The minimum Gasteiger partial charge on any atom is -0.324 e. The van der Waals surface area contributed by atoms with Crippen molar-refractivity contribution in [2.75, 3.05) is 0 Å². The predicted octanol–water partition coefficient (Wildman–Crippen LogP) is 2.71. The average Bonchev–Trinajstić information content (AvgIpc) is 1.88. The molecule has 0 fully saturated rings. The third-order valence-electron chi connectivity index (χ3n) is 1.29. The zero-order valence-corrected chi connectivity index (χ0v) is 9.75. The number of rotatable bonds is 1. The van der Waals surface area contributed by atoms with Gasteiger partial charge >= 0.3 is 0 Å². The first kappa shape index (κ1) is 14.7. The first-order valence-electron chi connectivity index (χ1n) is 3.07. The second kappa shape index (κ2) is 6.66. The van der Waals surface area contributed by atoms with Crippen LogP contribution in [-0.4, -0.2) is 4.98 Å². The molecular formula is C7H11BrCl2N2. The summed E-state index contributed by atoms with van der Waals surface area (Å²) in [6.45, 7) is 1.94. The molecule has 0 aliphatic rings. The maximum Gasteiger partial charge on any atom is 0.0413 e. The lowest BCUT2D eigenvalue weighted by atomic mass is 10.1. The van der Waals surface area contributed by atoms with Gasteiger partial charge in [-0.25, -0.2) is 0 Å². The molecule has 12 heavy (non-hydrogen) atoms. The summed E-state index contributed by atoms with van der Waals surface area (Å²) in [4.78, 5) is 3.92. The number of nitrogens with two attached hydrogens (primary N) is 1. The van der Waals surface area contributed by atoms with E-state index in [-0.39, 0.29) is 30.9 Å². The normalized spacial score (nSPS) is 10.9. The minimum absolute atomic E-state index is 0. The van der Waals surface area contributed by atoms with Crippen LogP contribution >= 0.6 is 40.7 Å². The van der Waals surface area contributed by atoms with Gasteiger partial charge in [0, 0.05) is 22.9 Å². The molecule has 0 radical (unpaired) electrons. The van der Waals surface area contributed by atoms with Gasteiger partial charge in [0.05, 0.1) is 0 Å². The van der Waals surface area contributed by atoms with Gasteiger partial charge in [-0.3, -0.25) is 4.98 Å². The van der Waals surface area contributed by atoms with Crippen molar-refractivity contribution in [1.82, 2.24) is 4.98 Å². The highest BCUT2D eigenvalue weighted by atomic mass is 79.9. The summed E-state index contributed by atoms with van der Waals surface area (Å²) < 4.78 is 0.977. The van der Waals surface area contributed by atoms with Crippen LogP contribution < -0.4 is 5.73 Å².